The van der Waals surface area contributed by atoms with Crippen molar-refractivity contribution >= 4 is 0 Å². The Bertz CT molecular complexity index is 941. The van der Waals surface area contributed by atoms with Gasteiger partial charge in [-0.25, -0.2) is 0 Å². The van der Waals surface area contributed by atoms with Crippen LogP contribution >= 0.6 is 0 Å². The van der Waals surface area contributed by atoms with E-state index in [-0.39, 0.29) is 0 Å². The number of allylic oxidation sites excluding steroid dienone is 12. The molecule has 0 radical (unpaired) electrons. The molecule has 0 bridgehead atoms. The lowest BCUT2D eigenvalue weighted by molar-refractivity contribution is 0.376. The van der Waals surface area contributed by atoms with E-state index in [1.807, 2.05) is 0 Å². The van der Waals surface area contributed by atoms with E-state index in [4.69, 9.17) is 0 Å². The van der Waals surface area contributed by atoms with Gasteiger partial charge in [-0.3, -0.25) is 0 Å². The maximum Gasteiger partial charge on any atom is -0.0104 e. The summed E-state index contributed by atoms with van der Waals surface area (Å²) in [5.41, 5.74) is 7.08. The summed E-state index contributed by atoms with van der Waals surface area (Å²) >= 11 is 0. The molecule has 0 heteroatoms. The van der Waals surface area contributed by atoms with Crippen molar-refractivity contribution in [3.05, 3.63) is 70.9 Å². The molecule has 0 saturated carbocycles. The van der Waals surface area contributed by atoms with E-state index in [0.717, 1.165) is 6.42 Å². The lowest BCUT2D eigenvalue weighted by Gasteiger charge is -2.33. The molecule has 226 valence electrons. The maximum atomic E-state index is 2.48. The first-order valence-electron chi connectivity index (χ1n) is 16.9. The number of hydrogen-bond acceptors (Lipinski definition) is 0. The molecule has 0 spiro atoms. The molecular formula is C40H66. The zero-order chi connectivity index (χ0) is 29.8. The van der Waals surface area contributed by atoms with Gasteiger partial charge in [0.1, 0.15) is 0 Å². The highest BCUT2D eigenvalue weighted by Crippen LogP contribution is 2.42. The van der Waals surface area contributed by atoms with Gasteiger partial charge in [-0.2, -0.15) is 0 Å². The summed E-state index contributed by atoms with van der Waals surface area (Å²) < 4.78 is 0. The van der Waals surface area contributed by atoms with Crippen molar-refractivity contribution < 1.29 is 0 Å². The third-order valence-corrected chi connectivity index (χ3v) is 9.81. The molecule has 0 aliphatic heterocycles. The second kappa shape index (κ2) is 16.8. The summed E-state index contributed by atoms with van der Waals surface area (Å²) in [6, 6.07) is 0. The highest BCUT2D eigenvalue weighted by Gasteiger charge is 2.27. The monoisotopic (exact) mass is 547 g/mol. The predicted octanol–water partition coefficient (Wildman–Crippen LogP) is 13.1. The van der Waals surface area contributed by atoms with Gasteiger partial charge in [-0.1, -0.05) is 122 Å². The molecule has 4 unspecified atom stereocenters. The summed E-state index contributed by atoms with van der Waals surface area (Å²) in [6.07, 6.45) is 35.0. The van der Waals surface area contributed by atoms with Gasteiger partial charge >= 0.3 is 0 Å². The van der Waals surface area contributed by atoms with Crippen LogP contribution in [0.1, 0.15) is 146 Å². The fraction of sp³-hybridized carbons (Fsp3) is 0.700. The van der Waals surface area contributed by atoms with Crippen molar-refractivity contribution in [2.45, 2.75) is 146 Å². The third-order valence-electron chi connectivity index (χ3n) is 9.81. The van der Waals surface area contributed by atoms with Gasteiger partial charge < -0.3 is 0 Å². The first-order valence-corrected chi connectivity index (χ1v) is 16.9. The molecule has 2 aliphatic rings. The molecule has 2 aliphatic carbocycles. The summed E-state index contributed by atoms with van der Waals surface area (Å²) in [7, 11) is 0. The van der Waals surface area contributed by atoms with Crippen LogP contribution in [0.25, 0.3) is 0 Å². The van der Waals surface area contributed by atoms with Crippen LogP contribution in [0.4, 0.5) is 0 Å². The van der Waals surface area contributed by atoms with Gasteiger partial charge in [0.15, 0.2) is 0 Å². The SMILES string of the molecule is CC1=C(/C=C/C(C)C/C=C/C(C)CC/C=C/C(C)CCCC(C)/C=C/C2=C(C)CCCC2(C)C)C(C)(C)CCC1. The van der Waals surface area contributed by atoms with Crippen LogP contribution in [0.3, 0.4) is 0 Å². The van der Waals surface area contributed by atoms with Gasteiger partial charge in [0.05, 0.1) is 0 Å². The molecule has 0 N–H and O–H groups in total. The first-order chi connectivity index (χ1) is 18.8. The van der Waals surface area contributed by atoms with Crippen LogP contribution in [0.2, 0.25) is 0 Å². The standard InChI is InChI=1S/C40H66/c1-31(19-13-21-33(3)25-27-37-35(5)23-15-29-39(37,7)8)17-11-12-18-32(2)20-14-22-34(4)26-28-38-36(6)24-16-30-40(38,9)10/h11,14,17,20,25-28,31-34H,12-13,15-16,18-19,21-24,29-30H2,1-10H3/b17-11+,20-14+,27-25+,28-26+. The van der Waals surface area contributed by atoms with E-state index in [9.17, 15) is 0 Å². The topological polar surface area (TPSA) is 0 Å². The Morgan fingerprint density at radius 1 is 0.600 bits per heavy atom. The quantitative estimate of drug-likeness (QED) is 0.179. The van der Waals surface area contributed by atoms with Crippen LogP contribution in [0.15, 0.2) is 70.9 Å². The molecule has 40 heavy (non-hydrogen) atoms. The minimum absolute atomic E-state index is 0.340. The van der Waals surface area contributed by atoms with Gasteiger partial charge in [-0.15, -0.1) is 0 Å². The first kappa shape index (κ1) is 34.6. The Labute approximate surface area is 251 Å². The van der Waals surface area contributed by atoms with E-state index in [0.29, 0.717) is 34.5 Å². The number of hydrogen-bond donors (Lipinski definition) is 0. The lowest BCUT2D eigenvalue weighted by Crippen LogP contribution is -2.19. The molecule has 0 saturated heterocycles. The fourth-order valence-corrected chi connectivity index (χ4v) is 6.88. The summed E-state index contributed by atoms with van der Waals surface area (Å²) in [5.74, 6) is 2.60. The molecule has 2 rings (SSSR count). The van der Waals surface area contributed by atoms with Crippen LogP contribution in [0.5, 0.6) is 0 Å². The van der Waals surface area contributed by atoms with E-state index >= 15 is 0 Å². The highest BCUT2D eigenvalue weighted by molar-refractivity contribution is 5.33. The van der Waals surface area contributed by atoms with Crippen molar-refractivity contribution in [1.29, 1.82) is 0 Å². The molecule has 0 heterocycles. The molecule has 0 nitrogen and oxygen atoms in total. The smallest absolute Gasteiger partial charge is 0.0104 e. The van der Waals surface area contributed by atoms with Crippen molar-refractivity contribution in [1.82, 2.24) is 0 Å². The molecule has 0 amide bonds. The highest BCUT2D eigenvalue weighted by atomic mass is 14.3. The molecule has 0 fully saturated rings. The van der Waals surface area contributed by atoms with Crippen LogP contribution in [-0.2, 0) is 0 Å². The van der Waals surface area contributed by atoms with E-state index in [2.05, 4.69) is 118 Å². The minimum Gasteiger partial charge on any atom is -0.0882 e. The molecular weight excluding hydrogens is 480 g/mol. The van der Waals surface area contributed by atoms with E-state index < -0.39 is 0 Å². The lowest BCUT2D eigenvalue weighted by atomic mass is 9.72. The summed E-state index contributed by atoms with van der Waals surface area (Å²) in [5, 5.41) is 0. The Morgan fingerprint density at radius 2 is 1.05 bits per heavy atom. The van der Waals surface area contributed by atoms with Gasteiger partial charge in [0.25, 0.3) is 0 Å². The molecule has 0 aromatic heterocycles. The van der Waals surface area contributed by atoms with Crippen molar-refractivity contribution in [2.75, 3.05) is 0 Å². The Hall–Kier alpha value is -1.56. The minimum atomic E-state index is 0.340. The van der Waals surface area contributed by atoms with Crippen molar-refractivity contribution in [2.24, 2.45) is 34.5 Å². The Balaban J connectivity index is 1.63. The third kappa shape index (κ3) is 12.1. The van der Waals surface area contributed by atoms with Crippen molar-refractivity contribution in [3.8, 4) is 0 Å². The molecule has 0 aromatic rings. The van der Waals surface area contributed by atoms with Crippen LogP contribution < -0.4 is 0 Å². The Morgan fingerprint density at radius 3 is 1.57 bits per heavy atom. The van der Waals surface area contributed by atoms with Gasteiger partial charge in [-0.05, 0) is 130 Å². The molecule has 4 atom stereocenters. The zero-order valence-electron chi connectivity index (χ0n) is 28.4. The fourth-order valence-electron chi connectivity index (χ4n) is 6.88. The van der Waals surface area contributed by atoms with Crippen LogP contribution in [-0.4, -0.2) is 0 Å². The zero-order valence-corrected chi connectivity index (χ0v) is 28.4. The van der Waals surface area contributed by atoms with Gasteiger partial charge in [0, 0.05) is 0 Å². The normalized spacial score (nSPS) is 23.1. The predicted molar refractivity (Wildman–Crippen MR) is 182 cm³/mol. The average molecular weight is 547 g/mol. The van der Waals surface area contributed by atoms with E-state index in [1.54, 1.807) is 22.3 Å². The average Bonchev–Trinajstić information content (AvgIpc) is 2.85. The van der Waals surface area contributed by atoms with Gasteiger partial charge in [0.2, 0.25) is 0 Å². The van der Waals surface area contributed by atoms with E-state index in [1.165, 1.54) is 70.6 Å². The molecule has 0 aromatic carbocycles. The van der Waals surface area contributed by atoms with Crippen LogP contribution in [0, 0.1) is 34.5 Å². The second-order valence-electron chi connectivity index (χ2n) is 15.1. The summed E-state index contributed by atoms with van der Waals surface area (Å²) in [4.78, 5) is 0. The Kier molecular flexibility index (Phi) is 14.5. The largest absolute Gasteiger partial charge is 0.0882 e. The number of rotatable bonds is 15. The maximum absolute atomic E-state index is 2.48. The van der Waals surface area contributed by atoms with Crippen molar-refractivity contribution in [3.63, 3.8) is 0 Å². The summed E-state index contributed by atoms with van der Waals surface area (Å²) in [6.45, 7) is 23.8. The second-order valence-corrected chi connectivity index (χ2v) is 15.1.